The molecule has 0 aliphatic carbocycles. The second kappa shape index (κ2) is 22.6. The molecule has 0 spiro atoms. The zero-order chi connectivity index (χ0) is 7.15. The Morgan fingerprint density at radius 1 is 0.455 bits per heavy atom. The van der Waals surface area contributed by atoms with Crippen LogP contribution in [0.5, 0.6) is 0 Å². The van der Waals surface area contributed by atoms with Gasteiger partial charge in [-0.1, -0.05) is 0 Å². The fraction of sp³-hybridized carbons (Fsp3) is 0. The molecule has 0 N–H and O–H groups in total. The standard InChI is InChI=1S/2BO3.3Pd/c2*2-1(3)4;;;/q2*-3;3*+2. The van der Waals surface area contributed by atoms with Gasteiger partial charge in [0.2, 0.25) is 0 Å². The normalized spacial score (nSPS) is 4.91. The molecule has 0 atom stereocenters. The maximum Gasteiger partial charge on any atom is 2.00 e. The van der Waals surface area contributed by atoms with Crippen LogP contribution in [0.2, 0.25) is 0 Å². The Morgan fingerprint density at radius 2 is 0.455 bits per heavy atom. The monoisotopic (exact) mass is 436 g/mol. The van der Waals surface area contributed by atoms with E-state index in [0.717, 1.165) is 0 Å². The average Bonchev–Trinajstić information content (AvgIpc) is 1.25. The Kier molecular flexibility index (Phi) is 60.3. The van der Waals surface area contributed by atoms with Crippen LogP contribution in [0.4, 0.5) is 0 Å². The molecule has 0 aromatic carbocycles. The molecule has 0 fully saturated rings. The van der Waals surface area contributed by atoms with Gasteiger partial charge in [-0.05, 0) is 0 Å². The van der Waals surface area contributed by atoms with Crippen molar-refractivity contribution in [1.82, 2.24) is 0 Å². The minimum atomic E-state index is -2.92. The smallest absolute Gasteiger partial charge is 0.907 e. The van der Waals surface area contributed by atoms with Gasteiger partial charge in [-0.3, -0.25) is 14.6 Å². The quantitative estimate of drug-likeness (QED) is 0.346. The van der Waals surface area contributed by atoms with Gasteiger partial charge in [0.15, 0.2) is 0 Å². The summed E-state index contributed by atoms with van der Waals surface area (Å²) in [7, 11) is -5.83. The summed E-state index contributed by atoms with van der Waals surface area (Å²) in [5.41, 5.74) is 0. The molecule has 0 radical (unpaired) electrons. The van der Waals surface area contributed by atoms with Gasteiger partial charge in [0, 0.05) is 0 Å². The van der Waals surface area contributed by atoms with Crippen LogP contribution in [0.25, 0.3) is 0 Å². The van der Waals surface area contributed by atoms with Crippen molar-refractivity contribution >= 4 is 14.6 Å². The van der Waals surface area contributed by atoms with Crippen LogP contribution in [0.1, 0.15) is 0 Å². The maximum atomic E-state index is 8.42. The first-order valence-electron chi connectivity index (χ1n) is 1.41. The summed E-state index contributed by atoms with van der Waals surface area (Å²) in [6.07, 6.45) is 0. The summed E-state index contributed by atoms with van der Waals surface area (Å²) in [6.45, 7) is 0. The maximum absolute atomic E-state index is 8.42. The van der Waals surface area contributed by atoms with Crippen LogP contribution in [0.15, 0.2) is 0 Å². The summed E-state index contributed by atoms with van der Waals surface area (Å²) < 4.78 is 0. The minimum absolute atomic E-state index is 0. The van der Waals surface area contributed by atoms with Gasteiger partial charge in [-0.2, -0.15) is 0 Å². The van der Waals surface area contributed by atoms with E-state index >= 15 is 0 Å². The predicted octanol–water partition coefficient (Wildman–Crippen LogP) is -7.90. The van der Waals surface area contributed by atoms with Crippen LogP contribution in [0, 0.1) is 0 Å². The first-order valence-corrected chi connectivity index (χ1v) is 1.41. The Bertz CT molecular complexity index is 31.3. The molecule has 0 saturated carbocycles. The van der Waals surface area contributed by atoms with Gasteiger partial charge < -0.3 is 30.1 Å². The van der Waals surface area contributed by atoms with Gasteiger partial charge in [0.25, 0.3) is 0 Å². The summed E-state index contributed by atoms with van der Waals surface area (Å²) in [4.78, 5) is 0. The minimum Gasteiger partial charge on any atom is -0.907 e. The Morgan fingerprint density at radius 3 is 0.455 bits per heavy atom. The summed E-state index contributed by atoms with van der Waals surface area (Å²) >= 11 is 0. The number of hydrogen-bond donors (Lipinski definition) is 0. The van der Waals surface area contributed by atoms with Gasteiger partial charge in [0.05, 0.1) is 0 Å². The molecule has 0 amide bonds. The van der Waals surface area contributed by atoms with E-state index in [1.165, 1.54) is 0 Å². The average molecular weight is 437 g/mol. The van der Waals surface area contributed by atoms with Crippen LogP contribution in [-0.2, 0) is 61.3 Å². The van der Waals surface area contributed by atoms with E-state index in [1.54, 1.807) is 0 Å². The SMILES string of the molecule is [O-]B([O-])[O-].[O-]B([O-])[O-].[Pd+2].[Pd+2].[Pd+2]. The fourth-order valence-electron chi connectivity index (χ4n) is 0. The molecule has 6 nitrogen and oxygen atoms in total. The summed E-state index contributed by atoms with van der Waals surface area (Å²) in [5.74, 6) is 0. The van der Waals surface area contributed by atoms with Crippen molar-refractivity contribution in [2.45, 2.75) is 0 Å². The fourth-order valence-corrected chi connectivity index (χ4v) is 0. The first kappa shape index (κ1) is 29.3. The summed E-state index contributed by atoms with van der Waals surface area (Å²) in [6, 6.07) is 0. The van der Waals surface area contributed by atoms with Crippen LogP contribution in [0.3, 0.4) is 0 Å². The van der Waals surface area contributed by atoms with Crippen molar-refractivity contribution in [3.8, 4) is 0 Å². The number of rotatable bonds is 0. The van der Waals surface area contributed by atoms with Crippen LogP contribution in [-0.4, -0.2) is 14.6 Å². The van der Waals surface area contributed by atoms with Crippen molar-refractivity contribution in [3.63, 3.8) is 0 Å². The molecule has 0 rings (SSSR count). The second-order valence-electron chi connectivity index (χ2n) is 0.577. The van der Waals surface area contributed by atoms with E-state index in [1.807, 2.05) is 0 Å². The topological polar surface area (TPSA) is 138 Å². The van der Waals surface area contributed by atoms with Gasteiger partial charge in [0.1, 0.15) is 0 Å². The van der Waals surface area contributed by atoms with Crippen molar-refractivity contribution in [2.75, 3.05) is 0 Å². The molecule has 0 unspecified atom stereocenters. The van der Waals surface area contributed by atoms with E-state index in [-0.39, 0.29) is 61.3 Å². The molecule has 72 valence electrons. The molecule has 0 saturated heterocycles. The predicted molar refractivity (Wildman–Crippen MR) is 11.5 cm³/mol. The van der Waals surface area contributed by atoms with E-state index in [9.17, 15) is 0 Å². The second-order valence-corrected chi connectivity index (χ2v) is 0.577. The molecule has 0 aliphatic rings. The zero-order valence-corrected chi connectivity index (χ0v) is 9.22. The third kappa shape index (κ3) is 329. The van der Waals surface area contributed by atoms with Crippen molar-refractivity contribution in [3.05, 3.63) is 0 Å². The Balaban J connectivity index is -0.0000000171. The zero-order valence-electron chi connectivity index (χ0n) is 4.55. The molecular formula is B2O6Pd3. The Labute approximate surface area is 105 Å². The molecule has 0 bridgehead atoms. The van der Waals surface area contributed by atoms with Crippen molar-refractivity contribution in [1.29, 1.82) is 0 Å². The van der Waals surface area contributed by atoms with Gasteiger partial charge in [-0.25, -0.2) is 0 Å². The Hall–Kier alpha value is 1.88. The number of hydrogen-bond acceptors (Lipinski definition) is 6. The largest absolute Gasteiger partial charge is 2.00 e. The molecule has 0 aromatic heterocycles. The van der Waals surface area contributed by atoms with Crippen molar-refractivity contribution in [2.24, 2.45) is 0 Å². The van der Waals surface area contributed by atoms with E-state index in [0.29, 0.717) is 0 Å². The molecule has 11 heteroatoms. The summed E-state index contributed by atoms with van der Waals surface area (Å²) in [5, 5.41) is 50.5. The van der Waals surface area contributed by atoms with E-state index in [4.69, 9.17) is 30.1 Å². The third-order valence-corrected chi connectivity index (χ3v) is 0. The third-order valence-electron chi connectivity index (χ3n) is 0. The van der Waals surface area contributed by atoms with Crippen LogP contribution < -0.4 is 30.1 Å². The van der Waals surface area contributed by atoms with Crippen LogP contribution >= 0.6 is 0 Å². The first-order chi connectivity index (χ1) is 3.46. The molecule has 0 aromatic rings. The van der Waals surface area contributed by atoms with Gasteiger partial charge >= 0.3 is 61.3 Å². The van der Waals surface area contributed by atoms with Crippen molar-refractivity contribution < 1.29 is 91.4 Å². The van der Waals surface area contributed by atoms with E-state index < -0.39 is 14.6 Å². The molecule has 0 aliphatic heterocycles. The van der Waals surface area contributed by atoms with E-state index in [2.05, 4.69) is 0 Å². The van der Waals surface area contributed by atoms with Gasteiger partial charge in [-0.15, -0.1) is 0 Å². The molecular weight excluding hydrogens is 437 g/mol. The molecule has 0 heterocycles. The molecule has 11 heavy (non-hydrogen) atoms.